The molecule has 2 N–H and O–H groups in total. The lowest BCUT2D eigenvalue weighted by atomic mass is 9.84. The highest BCUT2D eigenvalue weighted by Gasteiger charge is 2.31. The monoisotopic (exact) mass is 606 g/mol. The minimum absolute atomic E-state index is 0.0859. The lowest BCUT2D eigenvalue weighted by Crippen LogP contribution is -2.40. The number of aromatic nitrogens is 5. The zero-order valence-electron chi connectivity index (χ0n) is 24.6. The Morgan fingerprint density at radius 1 is 1.07 bits per heavy atom. The van der Waals surface area contributed by atoms with Crippen LogP contribution in [-0.2, 0) is 42.0 Å². The summed E-state index contributed by atoms with van der Waals surface area (Å²) in [5, 5.41) is 14.3. The van der Waals surface area contributed by atoms with E-state index in [2.05, 4.69) is 10.3 Å². The van der Waals surface area contributed by atoms with E-state index < -0.39 is 22.8 Å². The molecule has 0 fully saturated rings. The first-order valence-corrected chi connectivity index (χ1v) is 13.8. The second-order valence-corrected chi connectivity index (χ2v) is 11.7. The van der Waals surface area contributed by atoms with Gasteiger partial charge in [0.15, 0.2) is 11.2 Å². The van der Waals surface area contributed by atoms with Crippen LogP contribution >= 0.6 is 11.6 Å². The van der Waals surface area contributed by atoms with Gasteiger partial charge < -0.3 is 19.7 Å². The van der Waals surface area contributed by atoms with Gasteiger partial charge in [0.1, 0.15) is 0 Å². The van der Waals surface area contributed by atoms with E-state index in [1.807, 2.05) is 20.8 Å². The zero-order chi connectivity index (χ0) is 31.4. The Kier molecular flexibility index (Phi) is 7.43. The molecule has 2 aromatic carbocycles. The fraction of sp³-hybridized carbons (Fsp3) is 0.300. The summed E-state index contributed by atoms with van der Waals surface area (Å²) in [6.45, 7) is 5.45. The molecule has 0 radical (unpaired) electrons. The number of carboxylic acid groups (broad SMARTS) is 1. The molecule has 0 amide bonds. The Morgan fingerprint density at radius 3 is 2.42 bits per heavy atom. The number of esters is 1. The summed E-state index contributed by atoms with van der Waals surface area (Å²) >= 11 is 6.58. The van der Waals surface area contributed by atoms with Gasteiger partial charge in [0.25, 0.3) is 5.56 Å². The van der Waals surface area contributed by atoms with Gasteiger partial charge in [-0.05, 0) is 40.8 Å². The number of rotatable bonds is 6. The maximum atomic E-state index is 14.0. The first kappa shape index (κ1) is 29.6. The number of aryl methyl sites for hydroxylation is 2. The van der Waals surface area contributed by atoms with Gasteiger partial charge in [-0.2, -0.15) is 4.98 Å². The van der Waals surface area contributed by atoms with E-state index in [4.69, 9.17) is 16.3 Å². The normalized spacial score (nSPS) is 11.8. The van der Waals surface area contributed by atoms with E-state index in [-0.39, 0.29) is 41.7 Å². The molecule has 43 heavy (non-hydrogen) atoms. The number of anilines is 2. The molecule has 5 aromatic rings. The van der Waals surface area contributed by atoms with E-state index in [0.717, 1.165) is 9.13 Å². The second-order valence-electron chi connectivity index (χ2n) is 11.3. The highest BCUT2D eigenvalue weighted by Crippen LogP contribution is 2.39. The number of methoxy groups -OCH3 is 1. The van der Waals surface area contributed by atoms with E-state index in [0.29, 0.717) is 32.7 Å². The van der Waals surface area contributed by atoms with Crippen LogP contribution in [0.2, 0.25) is 5.02 Å². The quantitative estimate of drug-likeness (QED) is 0.271. The molecule has 12 nitrogen and oxygen atoms in total. The molecular weight excluding hydrogens is 576 g/mol. The fourth-order valence-electron chi connectivity index (χ4n) is 5.50. The SMILES string of the molecule is COC(=O)Cc1cccc(Nc2nc3c(c(=O)n(Cc4c(C(C)(C)C)c5c(Cl)cccc5n4C(=O)O)c(=O)n3C)n2C)c1. The molecule has 3 aromatic heterocycles. The summed E-state index contributed by atoms with van der Waals surface area (Å²) in [5.41, 5.74) is 1.02. The Morgan fingerprint density at radius 2 is 1.77 bits per heavy atom. The standard InChI is InChI=1S/C30H31ClN6O6/c1-30(2,3)23-20(37(29(41)42)19-12-8-11-18(31)22(19)23)15-36-26(39)24-25(35(5)28(36)40)33-27(34(24)4)32-17-10-7-9-16(13-17)14-21(38)43-6/h7-13H,14-15H2,1-6H3,(H,32,33)(H,41,42). The van der Waals surface area contributed by atoms with E-state index in [1.54, 1.807) is 49.5 Å². The van der Waals surface area contributed by atoms with Crippen LogP contribution in [0.3, 0.4) is 0 Å². The summed E-state index contributed by atoms with van der Waals surface area (Å²) in [6.07, 6.45) is -1.17. The largest absolute Gasteiger partial charge is 0.469 e. The van der Waals surface area contributed by atoms with Crippen LogP contribution in [0.4, 0.5) is 16.4 Å². The minimum atomic E-state index is -1.26. The summed E-state index contributed by atoms with van der Waals surface area (Å²) in [4.78, 5) is 56.4. The lowest BCUT2D eigenvalue weighted by Gasteiger charge is -2.22. The number of ether oxygens (including phenoxy) is 1. The number of carbonyl (C=O) groups is 2. The molecule has 0 saturated heterocycles. The summed E-state index contributed by atoms with van der Waals surface area (Å²) in [7, 11) is 4.46. The molecule has 0 spiro atoms. The van der Waals surface area contributed by atoms with Crippen molar-refractivity contribution in [3.63, 3.8) is 0 Å². The number of halogens is 1. The van der Waals surface area contributed by atoms with Crippen molar-refractivity contribution < 1.29 is 19.4 Å². The molecule has 0 aliphatic rings. The maximum Gasteiger partial charge on any atom is 0.416 e. The van der Waals surface area contributed by atoms with Crippen molar-refractivity contribution in [2.45, 2.75) is 39.2 Å². The second kappa shape index (κ2) is 10.8. The van der Waals surface area contributed by atoms with Crippen molar-refractivity contribution in [3.8, 4) is 0 Å². The number of nitrogens with one attached hydrogen (secondary N) is 1. The van der Waals surface area contributed by atoms with Crippen molar-refractivity contribution in [1.82, 2.24) is 23.3 Å². The minimum Gasteiger partial charge on any atom is -0.469 e. The van der Waals surface area contributed by atoms with Crippen LogP contribution in [0, 0.1) is 0 Å². The van der Waals surface area contributed by atoms with Gasteiger partial charge in [-0.15, -0.1) is 0 Å². The van der Waals surface area contributed by atoms with Crippen molar-refractivity contribution in [3.05, 3.63) is 85.1 Å². The Labute approximate surface area is 250 Å². The molecular formula is C30H31ClN6O6. The molecule has 0 saturated carbocycles. The van der Waals surface area contributed by atoms with Crippen molar-refractivity contribution in [1.29, 1.82) is 0 Å². The van der Waals surface area contributed by atoms with E-state index in [9.17, 15) is 24.3 Å². The van der Waals surface area contributed by atoms with Crippen molar-refractivity contribution in [2.24, 2.45) is 14.1 Å². The molecule has 0 aliphatic carbocycles. The molecule has 3 heterocycles. The summed E-state index contributed by atoms with van der Waals surface area (Å²) in [5.74, 6) is -0.0915. The highest BCUT2D eigenvalue weighted by atomic mass is 35.5. The molecule has 0 unspecified atom stereocenters. The maximum absolute atomic E-state index is 14.0. The number of hydrogen-bond donors (Lipinski definition) is 2. The van der Waals surface area contributed by atoms with Gasteiger partial charge in [-0.1, -0.05) is 50.6 Å². The van der Waals surface area contributed by atoms with Crippen LogP contribution in [0.15, 0.2) is 52.1 Å². The van der Waals surface area contributed by atoms with Gasteiger partial charge in [-0.25, -0.2) is 14.2 Å². The Bertz CT molecular complexity index is 2060. The van der Waals surface area contributed by atoms with E-state index in [1.165, 1.54) is 23.3 Å². The van der Waals surface area contributed by atoms with Crippen LogP contribution in [-0.4, -0.2) is 47.5 Å². The van der Waals surface area contributed by atoms with Crippen LogP contribution in [0.25, 0.3) is 22.1 Å². The summed E-state index contributed by atoms with van der Waals surface area (Å²) in [6, 6.07) is 12.1. The van der Waals surface area contributed by atoms with Crippen molar-refractivity contribution >= 4 is 57.4 Å². The van der Waals surface area contributed by atoms with Gasteiger partial charge in [-0.3, -0.25) is 18.7 Å². The van der Waals surface area contributed by atoms with Crippen LogP contribution in [0.5, 0.6) is 0 Å². The lowest BCUT2D eigenvalue weighted by molar-refractivity contribution is -0.139. The molecule has 224 valence electrons. The molecule has 0 bridgehead atoms. The molecule has 0 atom stereocenters. The first-order chi connectivity index (χ1) is 20.2. The predicted octanol–water partition coefficient (Wildman–Crippen LogP) is 4.37. The van der Waals surface area contributed by atoms with Crippen LogP contribution < -0.4 is 16.6 Å². The Hall–Kier alpha value is -4.84. The van der Waals surface area contributed by atoms with Gasteiger partial charge in [0.05, 0.1) is 36.3 Å². The molecule has 0 aliphatic heterocycles. The highest BCUT2D eigenvalue weighted by molar-refractivity contribution is 6.36. The number of hydrogen-bond acceptors (Lipinski definition) is 7. The predicted molar refractivity (Wildman–Crippen MR) is 164 cm³/mol. The third-order valence-electron chi connectivity index (χ3n) is 7.41. The fourth-order valence-corrected chi connectivity index (χ4v) is 5.76. The number of benzene rings is 2. The van der Waals surface area contributed by atoms with Crippen molar-refractivity contribution in [2.75, 3.05) is 12.4 Å². The number of fused-ring (bicyclic) bond motifs is 2. The average molecular weight is 607 g/mol. The zero-order valence-corrected chi connectivity index (χ0v) is 25.3. The topological polar surface area (TPSA) is 142 Å². The number of carbonyl (C=O) groups excluding carboxylic acids is 1. The number of nitrogens with zero attached hydrogens (tertiary/aromatic N) is 5. The van der Waals surface area contributed by atoms with Gasteiger partial charge >= 0.3 is 17.8 Å². The smallest absolute Gasteiger partial charge is 0.416 e. The third-order valence-corrected chi connectivity index (χ3v) is 7.72. The van der Waals surface area contributed by atoms with E-state index >= 15 is 0 Å². The first-order valence-electron chi connectivity index (χ1n) is 13.4. The van der Waals surface area contributed by atoms with Gasteiger partial charge in [0, 0.05) is 25.2 Å². The average Bonchev–Trinajstić information content (AvgIpc) is 3.45. The van der Waals surface area contributed by atoms with Gasteiger partial charge in [0.2, 0.25) is 5.95 Å². The number of imidazole rings is 1. The Balaban J connectivity index is 1.67. The third kappa shape index (κ3) is 5.07. The van der Waals surface area contributed by atoms with Crippen LogP contribution in [0.1, 0.15) is 37.6 Å². The summed E-state index contributed by atoms with van der Waals surface area (Å²) < 4.78 is 9.65. The molecule has 13 heteroatoms. The molecule has 5 rings (SSSR count).